The third kappa shape index (κ3) is 3.37. The molecule has 0 radical (unpaired) electrons. The summed E-state index contributed by atoms with van der Waals surface area (Å²) in [5.74, 6) is 0. The lowest BCUT2D eigenvalue weighted by molar-refractivity contribution is -0.385. The Balaban J connectivity index is 1.84. The second-order valence-corrected chi connectivity index (χ2v) is 9.99. The van der Waals surface area contributed by atoms with E-state index in [9.17, 15) is 18.5 Å². The van der Waals surface area contributed by atoms with Gasteiger partial charge in [0.1, 0.15) is 4.90 Å². The molecule has 2 aliphatic rings. The van der Waals surface area contributed by atoms with Crippen LogP contribution in [0, 0.1) is 24.0 Å². The van der Waals surface area contributed by atoms with Crippen LogP contribution in [0.25, 0.3) is 0 Å². The first-order chi connectivity index (χ1) is 14.2. The summed E-state index contributed by atoms with van der Waals surface area (Å²) in [4.78, 5) is 13.0. The fraction of sp³-hybridized carbons (Fsp3) is 0.550. The lowest BCUT2D eigenvalue weighted by Crippen LogP contribution is -2.31. The number of nitro groups is 1. The van der Waals surface area contributed by atoms with Gasteiger partial charge in [0.25, 0.3) is 5.69 Å². The zero-order valence-corrected chi connectivity index (χ0v) is 18.4. The second kappa shape index (κ2) is 7.66. The number of hydrogen-bond acceptors (Lipinski definition) is 6. The summed E-state index contributed by atoms with van der Waals surface area (Å²) in [7, 11) is -1.91. The van der Waals surface area contributed by atoms with Gasteiger partial charge in [-0.3, -0.25) is 14.8 Å². The predicted octanol–water partition coefficient (Wildman–Crippen LogP) is 3.07. The highest BCUT2D eigenvalue weighted by Gasteiger charge is 2.37. The molecule has 0 amide bonds. The largest absolute Gasteiger partial charge is 0.363 e. The van der Waals surface area contributed by atoms with Crippen molar-refractivity contribution in [1.82, 2.24) is 14.1 Å². The zero-order valence-electron chi connectivity index (χ0n) is 17.5. The van der Waals surface area contributed by atoms with Crippen LogP contribution in [0.1, 0.15) is 48.7 Å². The van der Waals surface area contributed by atoms with Gasteiger partial charge in [-0.1, -0.05) is 0 Å². The first-order valence-corrected chi connectivity index (χ1v) is 11.7. The number of hydrogen-bond donors (Lipinski definition) is 0. The van der Waals surface area contributed by atoms with Crippen molar-refractivity contribution in [1.29, 1.82) is 0 Å². The van der Waals surface area contributed by atoms with E-state index in [0.717, 1.165) is 42.6 Å². The predicted molar refractivity (Wildman–Crippen MR) is 113 cm³/mol. The first-order valence-electron chi connectivity index (χ1n) is 10.3. The van der Waals surface area contributed by atoms with Crippen molar-refractivity contribution < 1.29 is 13.3 Å². The molecule has 4 rings (SSSR count). The van der Waals surface area contributed by atoms with Crippen LogP contribution in [0.2, 0.25) is 0 Å². The van der Waals surface area contributed by atoms with Crippen LogP contribution >= 0.6 is 0 Å². The molecule has 10 heteroatoms. The number of sulfonamides is 1. The Morgan fingerprint density at radius 3 is 2.43 bits per heavy atom. The number of non-ortho nitro benzene ring substituents is 1. The Labute approximate surface area is 176 Å². The molecule has 3 heterocycles. The van der Waals surface area contributed by atoms with Gasteiger partial charge in [0.2, 0.25) is 10.0 Å². The summed E-state index contributed by atoms with van der Waals surface area (Å²) in [6.07, 6.45) is 3.42. The minimum absolute atomic E-state index is 0.00677. The molecule has 2 aromatic rings. The molecule has 1 unspecified atom stereocenters. The van der Waals surface area contributed by atoms with Gasteiger partial charge < -0.3 is 4.90 Å². The number of nitro benzene ring substituents is 1. The third-order valence-corrected chi connectivity index (χ3v) is 8.23. The summed E-state index contributed by atoms with van der Waals surface area (Å²) in [6, 6.07) is 4.21. The van der Waals surface area contributed by atoms with E-state index in [-0.39, 0.29) is 16.6 Å². The van der Waals surface area contributed by atoms with Gasteiger partial charge in [0.05, 0.1) is 22.3 Å². The minimum atomic E-state index is -3.82. The smallest absolute Gasteiger partial charge is 0.270 e. The molecule has 162 valence electrons. The van der Waals surface area contributed by atoms with Gasteiger partial charge in [-0.05, 0) is 45.6 Å². The van der Waals surface area contributed by atoms with E-state index >= 15 is 0 Å². The Morgan fingerprint density at radius 2 is 1.83 bits per heavy atom. The highest BCUT2D eigenvalue weighted by molar-refractivity contribution is 7.89. The topological polar surface area (TPSA) is 102 Å². The molecule has 2 saturated heterocycles. The monoisotopic (exact) mass is 433 g/mol. The van der Waals surface area contributed by atoms with Crippen molar-refractivity contribution in [3.8, 4) is 0 Å². The Bertz CT molecular complexity index is 1090. The average molecular weight is 434 g/mol. The maximum atomic E-state index is 13.4. The molecule has 1 aromatic heterocycles. The number of aryl methyl sites for hydroxylation is 2. The van der Waals surface area contributed by atoms with Crippen LogP contribution in [0.15, 0.2) is 23.1 Å². The summed E-state index contributed by atoms with van der Waals surface area (Å²) < 4.78 is 30.1. The molecule has 1 atom stereocenters. The molecule has 0 N–H and O–H groups in total. The average Bonchev–Trinajstić information content (AvgIpc) is 3.43. The van der Waals surface area contributed by atoms with E-state index in [1.807, 2.05) is 25.6 Å². The van der Waals surface area contributed by atoms with Gasteiger partial charge in [-0.25, -0.2) is 8.42 Å². The normalized spacial score (nSPS) is 20.2. The maximum absolute atomic E-state index is 13.4. The lowest BCUT2D eigenvalue weighted by atomic mass is 10.0. The molecule has 9 nitrogen and oxygen atoms in total. The van der Waals surface area contributed by atoms with E-state index in [0.29, 0.717) is 25.3 Å². The van der Waals surface area contributed by atoms with Crippen LogP contribution in [0.4, 0.5) is 11.4 Å². The molecular formula is C20H27N5O4S. The quantitative estimate of drug-likeness (QED) is 0.530. The first kappa shape index (κ1) is 20.8. The molecule has 0 spiro atoms. The fourth-order valence-corrected chi connectivity index (χ4v) is 6.49. The Morgan fingerprint density at radius 1 is 1.13 bits per heavy atom. The Kier molecular flexibility index (Phi) is 5.31. The van der Waals surface area contributed by atoms with Gasteiger partial charge in [0.15, 0.2) is 0 Å². The zero-order chi connectivity index (χ0) is 21.6. The van der Waals surface area contributed by atoms with Crippen molar-refractivity contribution in [2.45, 2.75) is 50.5 Å². The molecular weight excluding hydrogens is 406 g/mol. The molecule has 1 aromatic carbocycles. The van der Waals surface area contributed by atoms with Crippen LogP contribution in [-0.4, -0.2) is 47.1 Å². The molecule has 30 heavy (non-hydrogen) atoms. The molecule has 0 saturated carbocycles. The summed E-state index contributed by atoms with van der Waals surface area (Å²) >= 11 is 0. The SMILES string of the molecule is Cc1nn(C)c(C)c1C1CCCN1c1ccc([N+](=O)[O-])cc1S(=O)(=O)N1CCCC1. The molecule has 0 bridgehead atoms. The minimum Gasteiger partial charge on any atom is -0.363 e. The summed E-state index contributed by atoms with van der Waals surface area (Å²) in [6.45, 7) is 5.59. The van der Waals surface area contributed by atoms with Crippen LogP contribution in [0.3, 0.4) is 0 Å². The fourth-order valence-electron chi connectivity index (χ4n) is 4.76. The second-order valence-electron chi connectivity index (χ2n) is 8.08. The number of anilines is 1. The van der Waals surface area contributed by atoms with Crippen LogP contribution in [-0.2, 0) is 17.1 Å². The van der Waals surface area contributed by atoms with Crippen molar-refractivity contribution in [3.63, 3.8) is 0 Å². The molecule has 2 fully saturated rings. The van der Waals surface area contributed by atoms with Gasteiger partial charge in [0, 0.05) is 50.1 Å². The van der Waals surface area contributed by atoms with Gasteiger partial charge in [-0.2, -0.15) is 9.40 Å². The van der Waals surface area contributed by atoms with E-state index in [1.165, 1.54) is 16.4 Å². The van der Waals surface area contributed by atoms with Crippen molar-refractivity contribution in [2.75, 3.05) is 24.5 Å². The van der Waals surface area contributed by atoms with E-state index in [4.69, 9.17) is 0 Å². The highest BCUT2D eigenvalue weighted by Crippen LogP contribution is 2.42. The number of nitrogens with zero attached hydrogens (tertiary/aromatic N) is 5. The van der Waals surface area contributed by atoms with Gasteiger partial charge in [-0.15, -0.1) is 0 Å². The van der Waals surface area contributed by atoms with Crippen LogP contribution in [0.5, 0.6) is 0 Å². The number of aromatic nitrogens is 2. The maximum Gasteiger partial charge on any atom is 0.270 e. The molecule has 2 aliphatic heterocycles. The van der Waals surface area contributed by atoms with E-state index in [2.05, 4.69) is 10.00 Å². The van der Waals surface area contributed by atoms with E-state index in [1.54, 1.807) is 6.07 Å². The highest BCUT2D eigenvalue weighted by atomic mass is 32.2. The summed E-state index contributed by atoms with van der Waals surface area (Å²) in [5.41, 5.74) is 3.42. The van der Waals surface area contributed by atoms with Gasteiger partial charge >= 0.3 is 0 Å². The molecule has 0 aliphatic carbocycles. The van der Waals surface area contributed by atoms with Crippen molar-refractivity contribution in [2.24, 2.45) is 7.05 Å². The van der Waals surface area contributed by atoms with Crippen molar-refractivity contribution in [3.05, 3.63) is 45.3 Å². The summed E-state index contributed by atoms with van der Waals surface area (Å²) in [5, 5.41) is 15.9. The number of benzene rings is 1. The standard InChI is InChI=1S/C20H27N5O4S/c1-14-20(15(2)22(3)21-14)18-7-6-12-24(18)17-9-8-16(25(26)27)13-19(17)30(28,29)23-10-4-5-11-23/h8-9,13,18H,4-7,10-12H2,1-3H3. The third-order valence-electron chi connectivity index (χ3n) is 6.30. The lowest BCUT2D eigenvalue weighted by Gasteiger charge is -2.30. The van der Waals surface area contributed by atoms with Crippen molar-refractivity contribution >= 4 is 21.4 Å². The van der Waals surface area contributed by atoms with E-state index < -0.39 is 14.9 Å². The Hall–Kier alpha value is -2.46. The number of rotatable bonds is 5. The van der Waals surface area contributed by atoms with Crippen LogP contribution < -0.4 is 4.90 Å².